The minimum Gasteiger partial charge on any atom is -0.336 e. The van der Waals surface area contributed by atoms with Crippen molar-refractivity contribution in [1.29, 1.82) is 0 Å². The van der Waals surface area contributed by atoms with Gasteiger partial charge in [0.05, 0.1) is 18.7 Å². The van der Waals surface area contributed by atoms with Crippen LogP contribution in [0.4, 0.5) is 18.9 Å². The van der Waals surface area contributed by atoms with Crippen molar-refractivity contribution in [3.8, 4) is 11.3 Å². The molecule has 0 radical (unpaired) electrons. The third kappa shape index (κ3) is 5.87. The molecule has 6 nitrogen and oxygen atoms in total. The van der Waals surface area contributed by atoms with Gasteiger partial charge in [0.15, 0.2) is 0 Å². The number of nitrogens with zero attached hydrogens (tertiary/aromatic N) is 3. The molecule has 10 heteroatoms. The van der Waals surface area contributed by atoms with Crippen LogP contribution in [0, 0.1) is 20.4 Å². The Bertz CT molecular complexity index is 1400. The first-order valence-corrected chi connectivity index (χ1v) is 11.5. The molecule has 1 saturated heterocycles. The Labute approximate surface area is 219 Å². The van der Waals surface area contributed by atoms with Crippen molar-refractivity contribution >= 4 is 24.0 Å². The van der Waals surface area contributed by atoms with Gasteiger partial charge in [-0.2, -0.15) is 13.2 Å². The third-order valence-corrected chi connectivity index (χ3v) is 6.35. The van der Waals surface area contributed by atoms with Gasteiger partial charge in [-0.1, -0.05) is 35.9 Å². The minimum absolute atomic E-state index is 0. The van der Waals surface area contributed by atoms with E-state index in [-0.39, 0.29) is 30.6 Å². The van der Waals surface area contributed by atoms with Gasteiger partial charge in [-0.3, -0.25) is 9.59 Å². The van der Waals surface area contributed by atoms with E-state index in [1.165, 1.54) is 4.57 Å². The molecule has 2 heterocycles. The summed E-state index contributed by atoms with van der Waals surface area (Å²) in [6.45, 7) is 13.6. The number of nitrogens with one attached hydrogen (secondary N) is 1. The maximum Gasteiger partial charge on any atom is 0.407 e. The molecular weight excluding hydrogens is 505 g/mol. The maximum absolute atomic E-state index is 13.8. The number of carbonyl (C=O) groups excluding carboxylic acids is 1. The second-order valence-electron chi connectivity index (χ2n) is 8.84. The molecule has 1 fully saturated rings. The Morgan fingerprint density at radius 3 is 2.27 bits per heavy atom. The molecule has 194 valence electrons. The highest BCUT2D eigenvalue weighted by Crippen LogP contribution is 2.37. The average molecular weight is 531 g/mol. The van der Waals surface area contributed by atoms with E-state index in [1.54, 1.807) is 29.2 Å². The summed E-state index contributed by atoms with van der Waals surface area (Å²) < 4.78 is 42.6. The van der Waals surface area contributed by atoms with Crippen LogP contribution in [-0.2, 0) is 12.7 Å². The van der Waals surface area contributed by atoms with E-state index in [0.717, 1.165) is 22.8 Å². The van der Waals surface area contributed by atoms with Crippen molar-refractivity contribution in [2.75, 3.05) is 26.2 Å². The molecule has 0 spiro atoms. The standard InChI is InChI=1S/C27H25F3N4O2.ClH/c1-17-4-5-21(18(2)14-17)16-34-23(15-22(27(28,29)30)24(31-3)26(34)36)19-6-8-20(9-7-19)25(35)33-12-10-32-11-13-33;/h4-9,14-15,32H,10-13,16H2,1-2H3;1H. The zero-order valence-electron chi connectivity index (χ0n) is 20.4. The van der Waals surface area contributed by atoms with Crippen molar-refractivity contribution in [3.63, 3.8) is 0 Å². The molecule has 0 bridgehead atoms. The van der Waals surface area contributed by atoms with Crippen LogP contribution in [0.2, 0.25) is 0 Å². The SMILES string of the molecule is Cl.[C-]#[N+]c1c(C(F)(F)F)cc(-c2ccc(C(=O)N3CCNCC3)cc2)n(Cc2ccc(C)cc2C)c1=O. The van der Waals surface area contributed by atoms with Gasteiger partial charge < -0.3 is 14.8 Å². The number of rotatable bonds is 4. The summed E-state index contributed by atoms with van der Waals surface area (Å²) in [5.41, 5.74) is 0.212. The van der Waals surface area contributed by atoms with E-state index in [0.29, 0.717) is 37.3 Å². The van der Waals surface area contributed by atoms with E-state index in [1.807, 2.05) is 32.0 Å². The zero-order chi connectivity index (χ0) is 26.0. The lowest BCUT2D eigenvalue weighted by atomic mass is 10.0. The summed E-state index contributed by atoms with van der Waals surface area (Å²) >= 11 is 0. The van der Waals surface area contributed by atoms with Crippen molar-refractivity contribution in [3.05, 3.63) is 98.1 Å². The van der Waals surface area contributed by atoms with Crippen LogP contribution in [0.3, 0.4) is 0 Å². The van der Waals surface area contributed by atoms with Gasteiger partial charge in [-0.25, -0.2) is 4.85 Å². The van der Waals surface area contributed by atoms with Crippen LogP contribution in [0.25, 0.3) is 16.1 Å². The highest BCUT2D eigenvalue weighted by Gasteiger charge is 2.36. The topological polar surface area (TPSA) is 58.7 Å². The molecule has 1 N–H and O–H groups in total. The highest BCUT2D eigenvalue weighted by atomic mass is 35.5. The monoisotopic (exact) mass is 530 g/mol. The van der Waals surface area contributed by atoms with Gasteiger partial charge in [-0.05, 0) is 48.7 Å². The summed E-state index contributed by atoms with van der Waals surface area (Å²) in [6.07, 6.45) is -4.87. The van der Waals surface area contributed by atoms with Gasteiger partial charge in [0.2, 0.25) is 0 Å². The molecule has 1 amide bonds. The normalized spacial score (nSPS) is 13.6. The molecule has 0 unspecified atom stereocenters. The Morgan fingerprint density at radius 1 is 1.05 bits per heavy atom. The first-order valence-electron chi connectivity index (χ1n) is 11.5. The number of benzene rings is 2. The van der Waals surface area contributed by atoms with E-state index in [4.69, 9.17) is 6.57 Å². The second-order valence-corrected chi connectivity index (χ2v) is 8.84. The molecule has 0 saturated carbocycles. The first kappa shape index (κ1) is 28.0. The molecule has 2 aromatic carbocycles. The molecule has 1 aliphatic heterocycles. The van der Waals surface area contributed by atoms with Crippen molar-refractivity contribution in [1.82, 2.24) is 14.8 Å². The molecular formula is C27H26ClF3N4O2. The molecule has 0 atom stereocenters. The predicted octanol–water partition coefficient (Wildman–Crippen LogP) is 5.22. The smallest absolute Gasteiger partial charge is 0.336 e. The van der Waals surface area contributed by atoms with Crippen molar-refractivity contribution in [2.45, 2.75) is 26.6 Å². The number of pyridine rings is 1. The fourth-order valence-corrected chi connectivity index (χ4v) is 4.38. The quantitative estimate of drug-likeness (QED) is 0.471. The lowest BCUT2D eigenvalue weighted by molar-refractivity contribution is -0.136. The number of amides is 1. The number of halogens is 4. The molecule has 4 rings (SSSR count). The number of hydrogen-bond acceptors (Lipinski definition) is 3. The average Bonchev–Trinajstić information content (AvgIpc) is 2.86. The summed E-state index contributed by atoms with van der Waals surface area (Å²) in [4.78, 5) is 30.7. The summed E-state index contributed by atoms with van der Waals surface area (Å²) in [5.74, 6) is -0.157. The van der Waals surface area contributed by atoms with Gasteiger partial charge in [-0.15, -0.1) is 12.4 Å². The van der Waals surface area contributed by atoms with E-state index in [2.05, 4.69) is 10.2 Å². The van der Waals surface area contributed by atoms with Gasteiger partial charge in [0.1, 0.15) is 0 Å². The Kier molecular flexibility index (Phi) is 8.46. The molecule has 1 aromatic heterocycles. The summed E-state index contributed by atoms with van der Waals surface area (Å²) in [6, 6.07) is 12.7. The fraction of sp³-hybridized carbons (Fsp3) is 0.296. The van der Waals surface area contributed by atoms with Crippen LogP contribution in [-0.4, -0.2) is 41.6 Å². The Morgan fingerprint density at radius 2 is 1.70 bits per heavy atom. The summed E-state index contributed by atoms with van der Waals surface area (Å²) in [5, 5.41) is 3.18. The fourth-order valence-electron chi connectivity index (χ4n) is 4.38. The number of alkyl halides is 3. The van der Waals surface area contributed by atoms with Crippen LogP contribution in [0.15, 0.2) is 53.3 Å². The zero-order valence-corrected chi connectivity index (χ0v) is 21.2. The van der Waals surface area contributed by atoms with Gasteiger partial charge in [0, 0.05) is 37.4 Å². The number of aryl methyl sites for hydroxylation is 2. The number of carbonyl (C=O) groups is 1. The van der Waals surface area contributed by atoms with Crippen molar-refractivity contribution < 1.29 is 18.0 Å². The summed E-state index contributed by atoms with van der Waals surface area (Å²) in [7, 11) is 0. The van der Waals surface area contributed by atoms with E-state index >= 15 is 0 Å². The lowest BCUT2D eigenvalue weighted by Gasteiger charge is -2.27. The highest BCUT2D eigenvalue weighted by molar-refractivity contribution is 5.94. The van der Waals surface area contributed by atoms with Crippen LogP contribution in [0.1, 0.15) is 32.6 Å². The van der Waals surface area contributed by atoms with Crippen LogP contribution < -0.4 is 10.9 Å². The van der Waals surface area contributed by atoms with Crippen LogP contribution in [0.5, 0.6) is 0 Å². The Hall–Kier alpha value is -3.61. The number of hydrogen-bond donors (Lipinski definition) is 1. The minimum atomic E-state index is -4.87. The molecule has 1 aliphatic rings. The first-order chi connectivity index (χ1) is 17.1. The van der Waals surface area contributed by atoms with Crippen molar-refractivity contribution in [2.24, 2.45) is 0 Å². The van der Waals surface area contributed by atoms with E-state index < -0.39 is 23.0 Å². The van der Waals surface area contributed by atoms with Gasteiger partial charge >= 0.3 is 6.18 Å². The Balaban J connectivity index is 0.00000380. The van der Waals surface area contributed by atoms with Crippen LogP contribution >= 0.6 is 12.4 Å². The second kappa shape index (κ2) is 11.2. The maximum atomic E-state index is 13.8. The molecule has 0 aliphatic carbocycles. The largest absolute Gasteiger partial charge is 0.407 e. The molecule has 37 heavy (non-hydrogen) atoms. The number of aromatic nitrogens is 1. The number of piperazine rings is 1. The lowest BCUT2D eigenvalue weighted by Crippen LogP contribution is -2.46. The predicted molar refractivity (Wildman–Crippen MR) is 138 cm³/mol. The third-order valence-electron chi connectivity index (χ3n) is 6.35. The van der Waals surface area contributed by atoms with E-state index in [9.17, 15) is 22.8 Å². The molecule has 3 aromatic rings. The van der Waals surface area contributed by atoms with Gasteiger partial charge in [0.25, 0.3) is 17.2 Å².